The molecule has 2 aromatic rings. The van der Waals surface area contributed by atoms with E-state index in [2.05, 4.69) is 5.32 Å². The summed E-state index contributed by atoms with van der Waals surface area (Å²) in [4.78, 5) is 12.7. The second kappa shape index (κ2) is 11.1. The van der Waals surface area contributed by atoms with Gasteiger partial charge in [0, 0.05) is 19.6 Å². The first-order valence-corrected chi connectivity index (χ1v) is 12.5. The number of nitrogens with zero attached hydrogens (tertiary/aromatic N) is 1. The number of aliphatic hydroxyl groups excluding tert-OH is 1. The summed E-state index contributed by atoms with van der Waals surface area (Å²) < 4.78 is 37.8. The van der Waals surface area contributed by atoms with Crippen molar-refractivity contribution >= 4 is 27.3 Å². The number of ether oxygens (including phenoxy) is 2. The van der Waals surface area contributed by atoms with Crippen molar-refractivity contribution in [3.05, 3.63) is 46.2 Å². The van der Waals surface area contributed by atoms with Gasteiger partial charge in [-0.3, -0.25) is 4.79 Å². The molecule has 170 valence electrons. The van der Waals surface area contributed by atoms with Crippen LogP contribution in [0.4, 0.5) is 0 Å². The minimum atomic E-state index is -3.70. The van der Waals surface area contributed by atoms with Crippen molar-refractivity contribution in [3.8, 4) is 5.75 Å². The molecule has 1 aliphatic heterocycles. The molecule has 10 heteroatoms. The van der Waals surface area contributed by atoms with Crippen LogP contribution < -0.4 is 10.1 Å². The number of aliphatic hydroxyl groups is 1. The highest BCUT2D eigenvalue weighted by molar-refractivity contribution is 7.89. The lowest BCUT2D eigenvalue weighted by Crippen LogP contribution is -2.37. The number of sulfonamides is 1. The van der Waals surface area contributed by atoms with E-state index in [1.807, 2.05) is 24.3 Å². The van der Waals surface area contributed by atoms with Crippen LogP contribution in [0.5, 0.6) is 5.75 Å². The van der Waals surface area contributed by atoms with Gasteiger partial charge in [-0.1, -0.05) is 18.6 Å². The van der Waals surface area contributed by atoms with Crippen molar-refractivity contribution in [3.63, 3.8) is 0 Å². The Kier molecular flexibility index (Phi) is 8.44. The Balaban J connectivity index is 1.48. The molecular weight excluding hydrogens is 440 g/mol. The summed E-state index contributed by atoms with van der Waals surface area (Å²) in [5.41, 5.74) is 0.934. The Hall–Kier alpha value is -1.98. The van der Waals surface area contributed by atoms with Crippen molar-refractivity contribution in [2.45, 2.75) is 36.9 Å². The van der Waals surface area contributed by atoms with Gasteiger partial charge in [0.25, 0.3) is 5.91 Å². The standard InChI is InChI=1S/C21H28N2O6S2/c1-28-18-7-5-16(6-8-18)14-29-15-17(24)13-22-21(25)20-19(9-12-30-20)31(26,27)23-10-3-2-4-11-23/h5-9,12,17,24H,2-4,10-11,13-15H2,1H3,(H,22,25)/t17-/m1/s1. The van der Waals surface area contributed by atoms with E-state index in [4.69, 9.17) is 9.47 Å². The largest absolute Gasteiger partial charge is 0.497 e. The highest BCUT2D eigenvalue weighted by atomic mass is 32.2. The number of carbonyl (C=O) groups is 1. The van der Waals surface area contributed by atoms with E-state index < -0.39 is 22.0 Å². The van der Waals surface area contributed by atoms with Gasteiger partial charge in [0.15, 0.2) is 0 Å². The summed E-state index contributed by atoms with van der Waals surface area (Å²) >= 11 is 1.08. The Morgan fingerprint density at radius 2 is 1.90 bits per heavy atom. The van der Waals surface area contributed by atoms with Crippen molar-refractivity contribution in [1.82, 2.24) is 9.62 Å². The molecule has 1 saturated heterocycles. The number of carbonyl (C=O) groups excluding carboxylic acids is 1. The zero-order chi connectivity index (χ0) is 22.3. The number of amides is 1. The van der Waals surface area contributed by atoms with E-state index in [1.165, 1.54) is 10.4 Å². The van der Waals surface area contributed by atoms with Crippen LogP contribution in [0.1, 0.15) is 34.5 Å². The van der Waals surface area contributed by atoms with Gasteiger partial charge in [-0.05, 0) is 42.0 Å². The third-order valence-electron chi connectivity index (χ3n) is 5.00. The molecule has 1 amide bonds. The van der Waals surface area contributed by atoms with Gasteiger partial charge in [-0.2, -0.15) is 4.31 Å². The van der Waals surface area contributed by atoms with Gasteiger partial charge in [0.05, 0.1) is 26.4 Å². The van der Waals surface area contributed by atoms with E-state index >= 15 is 0 Å². The molecule has 0 aliphatic carbocycles. The lowest BCUT2D eigenvalue weighted by Gasteiger charge is -2.25. The molecule has 1 aliphatic rings. The topological polar surface area (TPSA) is 105 Å². The fourth-order valence-corrected chi connectivity index (χ4v) is 6.13. The Morgan fingerprint density at radius 3 is 2.58 bits per heavy atom. The van der Waals surface area contributed by atoms with Crippen LogP contribution in [0.2, 0.25) is 0 Å². The highest BCUT2D eigenvalue weighted by Gasteiger charge is 2.31. The zero-order valence-corrected chi connectivity index (χ0v) is 19.1. The second-order valence-electron chi connectivity index (χ2n) is 7.31. The molecule has 3 rings (SSSR count). The van der Waals surface area contributed by atoms with Crippen LogP contribution in [0, 0.1) is 0 Å². The maximum absolute atomic E-state index is 12.9. The first-order chi connectivity index (χ1) is 14.9. The van der Waals surface area contributed by atoms with E-state index in [0.29, 0.717) is 19.7 Å². The smallest absolute Gasteiger partial charge is 0.262 e. The van der Waals surface area contributed by atoms with Crippen molar-refractivity contribution in [2.24, 2.45) is 0 Å². The fraction of sp³-hybridized carbons (Fsp3) is 0.476. The van der Waals surface area contributed by atoms with Gasteiger partial charge >= 0.3 is 0 Å². The fourth-order valence-electron chi connectivity index (χ4n) is 3.29. The molecule has 0 saturated carbocycles. The average Bonchev–Trinajstić information content (AvgIpc) is 3.29. The molecule has 1 fully saturated rings. The predicted octanol–water partition coefficient (Wildman–Crippen LogP) is 2.24. The van der Waals surface area contributed by atoms with Crippen LogP contribution in [-0.2, 0) is 21.4 Å². The van der Waals surface area contributed by atoms with E-state index in [1.54, 1.807) is 12.5 Å². The number of rotatable bonds is 10. The number of piperidine rings is 1. The normalized spacial score (nSPS) is 16.1. The van der Waals surface area contributed by atoms with Gasteiger partial charge in [0.2, 0.25) is 10.0 Å². The Labute approximate surface area is 186 Å². The SMILES string of the molecule is COc1ccc(COC[C@H](O)CNC(=O)c2sccc2S(=O)(=O)N2CCCCC2)cc1. The quantitative estimate of drug-likeness (QED) is 0.554. The van der Waals surface area contributed by atoms with Crippen molar-refractivity contribution in [2.75, 3.05) is 33.4 Å². The van der Waals surface area contributed by atoms with Gasteiger partial charge in [-0.15, -0.1) is 11.3 Å². The highest BCUT2D eigenvalue weighted by Crippen LogP contribution is 2.27. The van der Waals surface area contributed by atoms with Gasteiger partial charge in [0.1, 0.15) is 15.5 Å². The molecule has 2 N–H and O–H groups in total. The average molecular weight is 469 g/mol. The summed E-state index contributed by atoms with van der Waals surface area (Å²) in [7, 11) is -2.10. The molecule has 8 nitrogen and oxygen atoms in total. The molecule has 2 heterocycles. The van der Waals surface area contributed by atoms with Crippen molar-refractivity contribution in [1.29, 1.82) is 0 Å². The molecule has 0 unspecified atom stereocenters. The number of benzene rings is 1. The van der Waals surface area contributed by atoms with Gasteiger partial charge in [-0.25, -0.2) is 8.42 Å². The predicted molar refractivity (Wildman–Crippen MR) is 118 cm³/mol. The van der Waals surface area contributed by atoms with E-state index in [9.17, 15) is 18.3 Å². The second-order valence-corrected chi connectivity index (χ2v) is 10.1. The molecule has 0 spiro atoms. The number of hydrogen-bond donors (Lipinski definition) is 2. The lowest BCUT2D eigenvalue weighted by atomic mass is 10.2. The molecule has 1 atom stereocenters. The molecule has 1 aromatic carbocycles. The Bertz CT molecular complexity index is 953. The summed E-state index contributed by atoms with van der Waals surface area (Å²) in [5, 5.41) is 14.3. The number of thiophene rings is 1. The minimum Gasteiger partial charge on any atom is -0.497 e. The first kappa shape index (κ1) is 23.7. The minimum absolute atomic E-state index is 0.0298. The van der Waals surface area contributed by atoms with Crippen LogP contribution in [-0.4, -0.2) is 63.2 Å². The number of methoxy groups -OCH3 is 1. The number of hydrogen-bond acceptors (Lipinski definition) is 7. The third-order valence-corrected chi connectivity index (χ3v) is 7.99. The van der Waals surface area contributed by atoms with Crippen LogP contribution in [0.25, 0.3) is 0 Å². The van der Waals surface area contributed by atoms with E-state index in [0.717, 1.165) is 41.9 Å². The monoisotopic (exact) mass is 468 g/mol. The molecule has 1 aromatic heterocycles. The van der Waals surface area contributed by atoms with Gasteiger partial charge < -0.3 is 19.9 Å². The maximum atomic E-state index is 12.9. The van der Waals surface area contributed by atoms with E-state index in [-0.39, 0.29) is 22.9 Å². The summed E-state index contributed by atoms with van der Waals surface area (Å²) in [5.74, 6) is 0.238. The van der Waals surface area contributed by atoms with Crippen LogP contribution >= 0.6 is 11.3 Å². The van der Waals surface area contributed by atoms with Crippen LogP contribution in [0.15, 0.2) is 40.6 Å². The summed E-state index contributed by atoms with van der Waals surface area (Å²) in [6.07, 6.45) is 1.76. The molecule has 31 heavy (non-hydrogen) atoms. The molecule has 0 bridgehead atoms. The van der Waals surface area contributed by atoms with Crippen LogP contribution in [0.3, 0.4) is 0 Å². The maximum Gasteiger partial charge on any atom is 0.262 e. The van der Waals surface area contributed by atoms with Crippen molar-refractivity contribution < 1.29 is 27.8 Å². The molecular formula is C21H28N2O6S2. The summed E-state index contributed by atoms with van der Waals surface area (Å²) in [6, 6.07) is 8.86. The number of nitrogens with one attached hydrogen (secondary N) is 1. The third kappa shape index (κ3) is 6.27. The summed E-state index contributed by atoms with van der Waals surface area (Å²) in [6.45, 7) is 1.27. The zero-order valence-electron chi connectivity index (χ0n) is 17.5. The molecule has 0 radical (unpaired) electrons. The lowest BCUT2D eigenvalue weighted by molar-refractivity contribution is 0.0285. The Morgan fingerprint density at radius 1 is 1.19 bits per heavy atom. The first-order valence-electron chi connectivity index (χ1n) is 10.2.